The molecule has 1 heterocycles. The van der Waals surface area contributed by atoms with Crippen molar-refractivity contribution in [2.75, 3.05) is 12.9 Å². The highest BCUT2D eigenvalue weighted by atomic mass is 32.2. The van der Waals surface area contributed by atoms with Crippen LogP contribution in [-0.4, -0.2) is 28.4 Å². The van der Waals surface area contributed by atoms with Gasteiger partial charge in [-0.15, -0.1) is 0 Å². The summed E-state index contributed by atoms with van der Waals surface area (Å²) >= 11 is 1.19. The predicted molar refractivity (Wildman–Crippen MR) is 94.8 cm³/mol. The predicted octanol–water partition coefficient (Wildman–Crippen LogP) is 2.96. The Hall–Kier alpha value is -2.60. The van der Waals surface area contributed by atoms with Gasteiger partial charge in [0.15, 0.2) is 5.16 Å². The third-order valence-corrected chi connectivity index (χ3v) is 4.56. The molecule has 0 saturated carbocycles. The fourth-order valence-electron chi connectivity index (χ4n) is 2.42. The summed E-state index contributed by atoms with van der Waals surface area (Å²) in [4.78, 5) is 29.1. The molecule has 3 aromatic rings. The van der Waals surface area contributed by atoms with Crippen LogP contribution in [0.2, 0.25) is 0 Å². The van der Waals surface area contributed by atoms with Crippen molar-refractivity contribution in [3.05, 3.63) is 64.4 Å². The van der Waals surface area contributed by atoms with Crippen LogP contribution in [0.5, 0.6) is 0 Å². The van der Waals surface area contributed by atoms with Crippen molar-refractivity contribution in [1.82, 2.24) is 9.55 Å². The molecule has 0 radical (unpaired) electrons. The average Bonchev–Trinajstić information content (AvgIpc) is 2.61. The summed E-state index contributed by atoms with van der Waals surface area (Å²) in [6.45, 7) is 1.94. The second-order valence-electron chi connectivity index (χ2n) is 5.20. The Morgan fingerprint density at radius 2 is 1.88 bits per heavy atom. The molecule has 122 valence electrons. The standard InChI is InChI=1S/C18H16N2O3S/c1-12-7-3-6-10-15(12)20-17(22)13-8-4-5-9-14(13)19-18(20)24-11-16(21)23-2/h3-10H,11H2,1-2H3. The highest BCUT2D eigenvalue weighted by Crippen LogP contribution is 2.23. The van der Waals surface area contributed by atoms with E-state index in [0.29, 0.717) is 16.1 Å². The number of esters is 1. The Labute approximate surface area is 143 Å². The van der Waals surface area contributed by atoms with Gasteiger partial charge in [-0.1, -0.05) is 42.1 Å². The lowest BCUT2D eigenvalue weighted by Gasteiger charge is -2.14. The SMILES string of the molecule is COC(=O)CSc1nc2ccccc2c(=O)n1-c1ccccc1C. The van der Waals surface area contributed by atoms with Gasteiger partial charge in [-0.2, -0.15) is 0 Å². The molecule has 6 heteroatoms. The van der Waals surface area contributed by atoms with E-state index >= 15 is 0 Å². The molecule has 3 rings (SSSR count). The maximum atomic E-state index is 13.0. The summed E-state index contributed by atoms with van der Waals surface area (Å²) in [5.41, 5.74) is 2.17. The van der Waals surface area contributed by atoms with Crippen LogP contribution >= 0.6 is 11.8 Å². The average molecular weight is 340 g/mol. The van der Waals surface area contributed by atoms with E-state index in [-0.39, 0.29) is 17.3 Å². The number of para-hydroxylation sites is 2. The normalized spacial score (nSPS) is 10.8. The molecule has 0 fully saturated rings. The number of hydrogen-bond donors (Lipinski definition) is 0. The lowest BCUT2D eigenvalue weighted by molar-refractivity contribution is -0.137. The van der Waals surface area contributed by atoms with Gasteiger partial charge in [0, 0.05) is 0 Å². The van der Waals surface area contributed by atoms with Crippen LogP contribution in [0.15, 0.2) is 58.5 Å². The molecule has 0 aliphatic heterocycles. The Morgan fingerprint density at radius 1 is 1.17 bits per heavy atom. The van der Waals surface area contributed by atoms with E-state index in [1.165, 1.54) is 18.9 Å². The molecule has 0 aliphatic carbocycles. The molecule has 0 bridgehead atoms. The van der Waals surface area contributed by atoms with Crippen molar-refractivity contribution in [1.29, 1.82) is 0 Å². The molecule has 0 aliphatic rings. The number of hydrogen-bond acceptors (Lipinski definition) is 5. The number of rotatable bonds is 4. The monoisotopic (exact) mass is 340 g/mol. The first-order chi connectivity index (χ1) is 11.6. The van der Waals surface area contributed by atoms with Crippen molar-refractivity contribution < 1.29 is 9.53 Å². The highest BCUT2D eigenvalue weighted by Gasteiger charge is 2.15. The number of methoxy groups -OCH3 is 1. The molecule has 0 atom stereocenters. The fraction of sp³-hybridized carbons (Fsp3) is 0.167. The van der Waals surface area contributed by atoms with E-state index in [0.717, 1.165) is 11.3 Å². The van der Waals surface area contributed by atoms with Gasteiger partial charge >= 0.3 is 5.97 Å². The number of fused-ring (bicyclic) bond motifs is 1. The number of thioether (sulfide) groups is 1. The van der Waals surface area contributed by atoms with Gasteiger partial charge in [0.1, 0.15) is 0 Å². The maximum Gasteiger partial charge on any atom is 0.316 e. The first kappa shape index (κ1) is 16.3. The van der Waals surface area contributed by atoms with Crippen LogP contribution in [0.25, 0.3) is 16.6 Å². The molecular weight excluding hydrogens is 324 g/mol. The minimum atomic E-state index is -0.362. The van der Waals surface area contributed by atoms with Gasteiger partial charge in [-0.25, -0.2) is 4.98 Å². The number of benzene rings is 2. The van der Waals surface area contributed by atoms with Gasteiger partial charge in [0.25, 0.3) is 5.56 Å². The van der Waals surface area contributed by atoms with Crippen LogP contribution in [-0.2, 0) is 9.53 Å². The molecular formula is C18H16N2O3S. The number of ether oxygens (including phenoxy) is 1. The summed E-state index contributed by atoms with van der Waals surface area (Å²) < 4.78 is 6.24. The lowest BCUT2D eigenvalue weighted by atomic mass is 10.2. The maximum absolute atomic E-state index is 13.0. The quantitative estimate of drug-likeness (QED) is 0.415. The molecule has 0 unspecified atom stereocenters. The first-order valence-corrected chi connectivity index (χ1v) is 8.38. The van der Waals surface area contributed by atoms with Gasteiger partial charge in [0.05, 0.1) is 29.5 Å². The number of nitrogens with zero attached hydrogens (tertiary/aromatic N) is 2. The summed E-state index contributed by atoms with van der Waals surface area (Å²) in [6.07, 6.45) is 0. The lowest BCUT2D eigenvalue weighted by Crippen LogP contribution is -2.23. The molecule has 0 saturated heterocycles. The molecule has 0 spiro atoms. The van der Waals surface area contributed by atoms with Gasteiger partial charge in [-0.05, 0) is 30.7 Å². The van der Waals surface area contributed by atoms with Crippen LogP contribution in [0.4, 0.5) is 0 Å². The molecule has 0 amide bonds. The van der Waals surface area contributed by atoms with Gasteiger partial charge in [0.2, 0.25) is 0 Å². The summed E-state index contributed by atoms with van der Waals surface area (Å²) in [7, 11) is 1.34. The van der Waals surface area contributed by atoms with Crippen LogP contribution in [0.3, 0.4) is 0 Å². The minimum Gasteiger partial charge on any atom is -0.468 e. The van der Waals surface area contributed by atoms with Gasteiger partial charge in [-0.3, -0.25) is 14.2 Å². The van der Waals surface area contributed by atoms with Crippen molar-refractivity contribution in [3.63, 3.8) is 0 Å². The van der Waals surface area contributed by atoms with E-state index in [1.54, 1.807) is 16.7 Å². The van der Waals surface area contributed by atoms with Crippen molar-refractivity contribution in [2.45, 2.75) is 12.1 Å². The third kappa shape index (κ3) is 3.05. The molecule has 1 aromatic heterocycles. The van der Waals surface area contributed by atoms with Crippen molar-refractivity contribution >= 4 is 28.6 Å². The Bertz CT molecular complexity index is 966. The van der Waals surface area contributed by atoms with Crippen molar-refractivity contribution in [2.24, 2.45) is 0 Å². The zero-order valence-corrected chi connectivity index (χ0v) is 14.2. The smallest absolute Gasteiger partial charge is 0.316 e. The van der Waals surface area contributed by atoms with E-state index in [9.17, 15) is 9.59 Å². The fourth-order valence-corrected chi connectivity index (χ4v) is 3.26. The van der Waals surface area contributed by atoms with E-state index in [4.69, 9.17) is 0 Å². The number of aromatic nitrogens is 2. The first-order valence-electron chi connectivity index (χ1n) is 7.39. The second kappa shape index (κ2) is 6.88. The van der Waals surface area contributed by atoms with Crippen LogP contribution in [0.1, 0.15) is 5.56 Å². The Balaban J connectivity index is 2.24. The zero-order valence-electron chi connectivity index (χ0n) is 13.4. The third-order valence-electron chi connectivity index (χ3n) is 3.65. The molecule has 0 N–H and O–H groups in total. The summed E-state index contributed by atoms with van der Waals surface area (Å²) in [5, 5.41) is 1.02. The number of carbonyl (C=O) groups excluding carboxylic acids is 1. The minimum absolute atomic E-state index is 0.0904. The molecule has 5 nitrogen and oxygen atoms in total. The topological polar surface area (TPSA) is 61.2 Å². The van der Waals surface area contributed by atoms with Crippen LogP contribution < -0.4 is 5.56 Å². The summed E-state index contributed by atoms with van der Waals surface area (Å²) in [6, 6.07) is 14.8. The molecule has 2 aromatic carbocycles. The number of aryl methyl sites for hydroxylation is 1. The summed E-state index contributed by atoms with van der Waals surface area (Å²) in [5.74, 6) is -0.272. The second-order valence-corrected chi connectivity index (χ2v) is 6.15. The van der Waals surface area contributed by atoms with E-state index in [2.05, 4.69) is 9.72 Å². The van der Waals surface area contributed by atoms with E-state index in [1.807, 2.05) is 43.3 Å². The largest absolute Gasteiger partial charge is 0.468 e. The number of carbonyl (C=O) groups is 1. The van der Waals surface area contributed by atoms with Gasteiger partial charge < -0.3 is 4.74 Å². The Kier molecular flexibility index (Phi) is 4.66. The zero-order chi connectivity index (χ0) is 17.1. The molecule has 24 heavy (non-hydrogen) atoms. The van der Waals surface area contributed by atoms with E-state index < -0.39 is 0 Å². The van der Waals surface area contributed by atoms with Crippen LogP contribution in [0, 0.1) is 6.92 Å². The highest BCUT2D eigenvalue weighted by molar-refractivity contribution is 7.99. The van der Waals surface area contributed by atoms with Crippen molar-refractivity contribution in [3.8, 4) is 5.69 Å². The Morgan fingerprint density at radius 3 is 2.62 bits per heavy atom.